The van der Waals surface area contributed by atoms with Crippen molar-refractivity contribution < 1.29 is 9.90 Å². The van der Waals surface area contributed by atoms with Gasteiger partial charge in [0.2, 0.25) is 0 Å². The van der Waals surface area contributed by atoms with Gasteiger partial charge in [-0.05, 0) is 56.2 Å². The number of hydrogen-bond donors (Lipinski definition) is 2. The zero-order chi connectivity index (χ0) is 16.8. The monoisotopic (exact) mass is 328 g/mol. The molecule has 1 aromatic rings. The summed E-state index contributed by atoms with van der Waals surface area (Å²) in [6.45, 7) is 3.19. The number of benzene rings is 1. The molecular formula is C20H28N2O2. The number of aliphatic hydroxyl groups is 1. The maximum Gasteiger partial charge on any atom is 0.251 e. The molecule has 2 N–H and O–H groups in total. The van der Waals surface area contributed by atoms with Gasteiger partial charge in [0, 0.05) is 31.2 Å². The molecule has 0 spiro atoms. The van der Waals surface area contributed by atoms with Gasteiger partial charge in [0.25, 0.3) is 5.91 Å². The maximum absolute atomic E-state index is 12.4. The van der Waals surface area contributed by atoms with Crippen molar-refractivity contribution in [1.82, 2.24) is 10.2 Å². The first-order valence-corrected chi connectivity index (χ1v) is 9.15. The summed E-state index contributed by atoms with van der Waals surface area (Å²) in [4.78, 5) is 14.9. The molecule has 0 atom stereocenters. The zero-order valence-electron chi connectivity index (χ0n) is 14.3. The predicted molar refractivity (Wildman–Crippen MR) is 95.8 cm³/mol. The molecule has 0 bridgehead atoms. The van der Waals surface area contributed by atoms with E-state index >= 15 is 0 Å². The Kier molecular flexibility index (Phi) is 6.05. The third-order valence-corrected chi connectivity index (χ3v) is 5.11. The summed E-state index contributed by atoms with van der Waals surface area (Å²) in [6.07, 6.45) is 9.63. The molecule has 1 aliphatic heterocycles. The number of rotatable bonds is 5. The maximum atomic E-state index is 12.4. The Morgan fingerprint density at radius 1 is 1.25 bits per heavy atom. The van der Waals surface area contributed by atoms with E-state index in [0.717, 1.165) is 38.0 Å². The number of carbonyl (C=O) groups excluding carboxylic acids is 1. The van der Waals surface area contributed by atoms with Gasteiger partial charge in [-0.3, -0.25) is 9.69 Å². The van der Waals surface area contributed by atoms with Gasteiger partial charge in [-0.1, -0.05) is 23.8 Å². The van der Waals surface area contributed by atoms with E-state index in [1.807, 2.05) is 12.1 Å². The number of piperidine rings is 1. The Morgan fingerprint density at radius 3 is 2.79 bits per heavy atom. The lowest BCUT2D eigenvalue weighted by atomic mass is 9.97. The lowest BCUT2D eigenvalue weighted by molar-refractivity contribution is 0.0913. The molecule has 0 unspecified atom stereocenters. The van der Waals surface area contributed by atoms with Gasteiger partial charge >= 0.3 is 0 Å². The summed E-state index contributed by atoms with van der Waals surface area (Å²) in [5.74, 6) is -0.0289. The van der Waals surface area contributed by atoms with Gasteiger partial charge in [0.05, 0.1) is 6.61 Å². The van der Waals surface area contributed by atoms with E-state index in [2.05, 4.69) is 16.3 Å². The number of nitrogens with one attached hydrogen (secondary N) is 1. The third kappa shape index (κ3) is 4.68. The van der Waals surface area contributed by atoms with Crippen LogP contribution in [-0.2, 0) is 6.61 Å². The Morgan fingerprint density at radius 2 is 2.08 bits per heavy atom. The van der Waals surface area contributed by atoms with Crippen LogP contribution >= 0.6 is 0 Å². The number of allylic oxidation sites excluding steroid dienone is 1. The van der Waals surface area contributed by atoms with E-state index < -0.39 is 0 Å². The first-order chi connectivity index (χ1) is 11.7. The number of likely N-dealkylation sites (tertiary alicyclic amines) is 1. The van der Waals surface area contributed by atoms with Crippen molar-refractivity contribution in [3.8, 4) is 0 Å². The number of nitrogens with zero attached hydrogens (tertiary/aromatic N) is 1. The van der Waals surface area contributed by atoms with Crippen LogP contribution in [0.5, 0.6) is 0 Å². The first-order valence-electron chi connectivity index (χ1n) is 9.15. The second-order valence-corrected chi connectivity index (χ2v) is 6.99. The van der Waals surface area contributed by atoms with E-state index in [1.165, 1.54) is 25.7 Å². The van der Waals surface area contributed by atoms with E-state index in [0.29, 0.717) is 5.56 Å². The molecule has 2 aliphatic rings. The number of hydrogen-bond acceptors (Lipinski definition) is 3. The average molecular weight is 328 g/mol. The smallest absolute Gasteiger partial charge is 0.251 e. The van der Waals surface area contributed by atoms with Gasteiger partial charge in [-0.15, -0.1) is 0 Å². The minimum absolute atomic E-state index is 0.0289. The van der Waals surface area contributed by atoms with Crippen LogP contribution in [0.25, 0.3) is 0 Å². The van der Waals surface area contributed by atoms with Gasteiger partial charge in [-0.25, -0.2) is 0 Å². The van der Waals surface area contributed by atoms with Crippen molar-refractivity contribution in [3.05, 3.63) is 47.0 Å². The summed E-state index contributed by atoms with van der Waals surface area (Å²) >= 11 is 0. The van der Waals surface area contributed by atoms with Gasteiger partial charge in [-0.2, -0.15) is 0 Å². The van der Waals surface area contributed by atoms with E-state index in [9.17, 15) is 9.90 Å². The second kappa shape index (κ2) is 8.45. The summed E-state index contributed by atoms with van der Waals surface area (Å²) in [7, 11) is 0. The minimum atomic E-state index is -0.0324. The lowest BCUT2D eigenvalue weighted by Gasteiger charge is -2.33. The highest BCUT2D eigenvalue weighted by Crippen LogP contribution is 2.20. The fourth-order valence-corrected chi connectivity index (χ4v) is 3.65. The van der Waals surface area contributed by atoms with Crippen LogP contribution in [0.15, 0.2) is 35.9 Å². The van der Waals surface area contributed by atoms with E-state index in [1.54, 1.807) is 17.7 Å². The standard InChI is InChI=1S/C20H28N2O2/c23-15-17-7-4-8-18(13-17)20(24)21-19-9-11-22(12-10-19)14-16-5-2-1-3-6-16/h4-5,7-8,13,19,23H,1-3,6,9-12,14-15H2,(H,21,24). The van der Waals surface area contributed by atoms with Crippen LogP contribution in [0.1, 0.15) is 54.4 Å². The molecule has 1 aromatic carbocycles. The van der Waals surface area contributed by atoms with Crippen molar-refractivity contribution in [2.24, 2.45) is 0 Å². The SMILES string of the molecule is O=C(NC1CCN(CC2=CCCCC2)CC1)c1cccc(CO)c1. The van der Waals surface area contributed by atoms with Crippen molar-refractivity contribution in [2.75, 3.05) is 19.6 Å². The predicted octanol–water partition coefficient (Wildman–Crippen LogP) is 2.87. The molecule has 3 rings (SSSR count). The number of aliphatic hydroxyl groups excluding tert-OH is 1. The van der Waals surface area contributed by atoms with Crippen molar-refractivity contribution in [1.29, 1.82) is 0 Å². The summed E-state index contributed by atoms with van der Waals surface area (Å²) in [6, 6.07) is 7.47. The zero-order valence-corrected chi connectivity index (χ0v) is 14.3. The fraction of sp³-hybridized carbons (Fsp3) is 0.550. The third-order valence-electron chi connectivity index (χ3n) is 5.11. The van der Waals surface area contributed by atoms with Crippen molar-refractivity contribution in [2.45, 2.75) is 51.2 Å². The Labute approximate surface area is 144 Å². The average Bonchev–Trinajstić information content (AvgIpc) is 2.64. The minimum Gasteiger partial charge on any atom is -0.392 e. The number of carbonyl (C=O) groups is 1. The highest BCUT2D eigenvalue weighted by atomic mass is 16.3. The Hall–Kier alpha value is -1.65. The van der Waals surface area contributed by atoms with Crippen molar-refractivity contribution in [3.63, 3.8) is 0 Å². The normalized spacial score (nSPS) is 19.8. The summed E-state index contributed by atoms with van der Waals surface area (Å²) < 4.78 is 0. The second-order valence-electron chi connectivity index (χ2n) is 6.99. The van der Waals surface area contributed by atoms with Crippen molar-refractivity contribution >= 4 is 5.91 Å². The van der Waals surface area contributed by atoms with Gasteiger partial charge in [0.15, 0.2) is 0 Å². The van der Waals surface area contributed by atoms with Gasteiger partial charge in [0.1, 0.15) is 0 Å². The molecular weight excluding hydrogens is 300 g/mol. The molecule has 1 amide bonds. The van der Waals surface area contributed by atoms with E-state index in [-0.39, 0.29) is 18.6 Å². The molecule has 0 radical (unpaired) electrons. The van der Waals surface area contributed by atoms with E-state index in [4.69, 9.17) is 0 Å². The lowest BCUT2D eigenvalue weighted by Crippen LogP contribution is -2.45. The van der Waals surface area contributed by atoms with Crippen LogP contribution < -0.4 is 5.32 Å². The Bertz CT molecular complexity index is 589. The number of amides is 1. The molecule has 0 aromatic heterocycles. The molecule has 0 saturated carbocycles. The molecule has 24 heavy (non-hydrogen) atoms. The molecule has 4 nitrogen and oxygen atoms in total. The molecule has 1 fully saturated rings. The molecule has 4 heteroatoms. The molecule has 130 valence electrons. The first kappa shape index (κ1) is 17.2. The molecule has 1 saturated heterocycles. The highest BCUT2D eigenvalue weighted by Gasteiger charge is 2.22. The molecule has 1 aliphatic carbocycles. The summed E-state index contributed by atoms with van der Waals surface area (Å²) in [5, 5.41) is 12.3. The largest absolute Gasteiger partial charge is 0.392 e. The van der Waals surface area contributed by atoms with Crippen LogP contribution in [0.3, 0.4) is 0 Å². The highest BCUT2D eigenvalue weighted by molar-refractivity contribution is 5.94. The van der Waals surface area contributed by atoms with Crippen LogP contribution in [0.4, 0.5) is 0 Å². The van der Waals surface area contributed by atoms with Crippen LogP contribution in [-0.4, -0.2) is 41.6 Å². The van der Waals surface area contributed by atoms with Crippen LogP contribution in [0, 0.1) is 0 Å². The quantitative estimate of drug-likeness (QED) is 0.817. The molecule has 1 heterocycles. The van der Waals surface area contributed by atoms with Crippen LogP contribution in [0.2, 0.25) is 0 Å². The Balaban J connectivity index is 1.46. The van der Waals surface area contributed by atoms with Gasteiger partial charge < -0.3 is 10.4 Å². The summed E-state index contributed by atoms with van der Waals surface area (Å²) in [5.41, 5.74) is 3.01. The topological polar surface area (TPSA) is 52.6 Å². The fourth-order valence-electron chi connectivity index (χ4n) is 3.65.